The van der Waals surface area contributed by atoms with Gasteiger partial charge in [-0.2, -0.15) is 5.26 Å². The summed E-state index contributed by atoms with van der Waals surface area (Å²) in [6.45, 7) is 1.21. The number of carbonyl (C=O) groups is 2. The third-order valence-corrected chi connectivity index (χ3v) is 3.56. The van der Waals surface area contributed by atoms with Gasteiger partial charge < -0.3 is 14.4 Å². The second-order valence-corrected chi connectivity index (χ2v) is 5.09. The molecule has 118 valence electrons. The minimum atomic E-state index is -1.20. The number of ether oxygens (including phenoxy) is 1. The zero-order valence-electron chi connectivity index (χ0n) is 12.7. The highest BCUT2D eigenvalue weighted by atomic mass is 16.5. The molecule has 1 N–H and O–H groups in total. The summed E-state index contributed by atoms with van der Waals surface area (Å²) in [6.07, 6.45) is 1.60. The highest BCUT2D eigenvalue weighted by molar-refractivity contribution is 5.95. The molecule has 3 rings (SSSR count). The average molecular weight is 320 g/mol. The number of nitrogens with zero attached hydrogens (tertiary/aromatic N) is 2. The van der Waals surface area contributed by atoms with Crippen LogP contribution >= 0.6 is 0 Å². The SMILES string of the molecule is CC(=O)Oc1c(C(=O)O)cccc1-n1cc(C#N)c2ccccc21. The zero-order chi connectivity index (χ0) is 17.3. The van der Waals surface area contributed by atoms with E-state index in [2.05, 4.69) is 6.07 Å². The van der Waals surface area contributed by atoms with Crippen molar-refractivity contribution >= 4 is 22.8 Å². The molecular formula is C18H12N2O4. The number of rotatable bonds is 3. The van der Waals surface area contributed by atoms with Crippen LogP contribution in [0.5, 0.6) is 5.75 Å². The number of fused-ring (bicyclic) bond motifs is 1. The number of hydrogen-bond donors (Lipinski definition) is 1. The van der Waals surface area contributed by atoms with Crippen molar-refractivity contribution in [2.24, 2.45) is 0 Å². The molecule has 0 radical (unpaired) electrons. The molecule has 1 aromatic heterocycles. The van der Waals surface area contributed by atoms with Gasteiger partial charge in [0.1, 0.15) is 11.6 Å². The molecule has 6 nitrogen and oxygen atoms in total. The van der Waals surface area contributed by atoms with Crippen LogP contribution in [0, 0.1) is 11.3 Å². The number of esters is 1. The molecule has 0 saturated heterocycles. The van der Waals surface area contributed by atoms with Crippen molar-refractivity contribution in [3.63, 3.8) is 0 Å². The first-order chi connectivity index (χ1) is 11.5. The van der Waals surface area contributed by atoms with E-state index >= 15 is 0 Å². The monoisotopic (exact) mass is 320 g/mol. The molecule has 0 aliphatic rings. The lowest BCUT2D eigenvalue weighted by molar-refractivity contribution is -0.131. The smallest absolute Gasteiger partial charge is 0.339 e. The maximum atomic E-state index is 11.5. The van der Waals surface area contributed by atoms with E-state index in [1.54, 1.807) is 35.0 Å². The number of aromatic carboxylic acids is 1. The van der Waals surface area contributed by atoms with E-state index in [-0.39, 0.29) is 11.3 Å². The lowest BCUT2D eigenvalue weighted by Crippen LogP contribution is -2.10. The predicted octanol–water partition coefficient (Wildman–Crippen LogP) is 3.13. The van der Waals surface area contributed by atoms with Crippen molar-refractivity contribution in [1.29, 1.82) is 5.26 Å². The Balaban J connectivity index is 2.35. The standard InChI is InChI=1S/C18H12N2O4/c1-11(21)24-17-14(18(22)23)6-4-8-16(17)20-10-12(9-19)13-5-2-3-7-15(13)20/h2-8,10H,1H3,(H,22,23). The Kier molecular flexibility index (Phi) is 3.76. The number of carboxylic acid groups (broad SMARTS) is 1. The van der Waals surface area contributed by atoms with Gasteiger partial charge in [0.15, 0.2) is 5.75 Å². The number of carboxylic acids is 1. The van der Waals surface area contributed by atoms with Crippen molar-refractivity contribution in [2.75, 3.05) is 0 Å². The van der Waals surface area contributed by atoms with Crippen LogP contribution in [0.4, 0.5) is 0 Å². The van der Waals surface area contributed by atoms with Gasteiger partial charge in [0.2, 0.25) is 0 Å². The number of para-hydroxylation sites is 2. The summed E-state index contributed by atoms with van der Waals surface area (Å²) < 4.78 is 6.81. The largest absolute Gasteiger partial charge is 0.478 e. The maximum absolute atomic E-state index is 11.5. The first-order valence-corrected chi connectivity index (χ1v) is 7.08. The Morgan fingerprint density at radius 1 is 1.17 bits per heavy atom. The van der Waals surface area contributed by atoms with Gasteiger partial charge in [-0.3, -0.25) is 4.79 Å². The lowest BCUT2D eigenvalue weighted by atomic mass is 10.1. The summed E-state index contributed by atoms with van der Waals surface area (Å²) in [5, 5.41) is 19.4. The highest BCUT2D eigenvalue weighted by Crippen LogP contribution is 2.32. The zero-order valence-corrected chi connectivity index (χ0v) is 12.7. The molecule has 0 aliphatic heterocycles. The van der Waals surface area contributed by atoms with Crippen LogP contribution in [-0.4, -0.2) is 21.6 Å². The molecule has 0 fully saturated rings. The molecule has 0 aliphatic carbocycles. The molecule has 2 aromatic carbocycles. The summed E-state index contributed by atoms with van der Waals surface area (Å²) in [5.74, 6) is -1.88. The van der Waals surface area contributed by atoms with E-state index in [1.165, 1.54) is 13.0 Å². The Bertz CT molecular complexity index is 1010. The molecule has 6 heteroatoms. The minimum absolute atomic E-state index is 0.0530. The van der Waals surface area contributed by atoms with E-state index in [1.807, 2.05) is 12.1 Å². The molecule has 0 bridgehead atoms. The quantitative estimate of drug-likeness (QED) is 0.591. The van der Waals surface area contributed by atoms with Gasteiger partial charge in [-0.05, 0) is 18.2 Å². The first-order valence-electron chi connectivity index (χ1n) is 7.08. The highest BCUT2D eigenvalue weighted by Gasteiger charge is 2.20. The number of benzene rings is 2. The van der Waals surface area contributed by atoms with Crippen LogP contribution in [-0.2, 0) is 4.79 Å². The van der Waals surface area contributed by atoms with Crippen molar-refractivity contribution < 1.29 is 19.4 Å². The van der Waals surface area contributed by atoms with Crippen LogP contribution in [0.3, 0.4) is 0 Å². The third-order valence-electron chi connectivity index (χ3n) is 3.56. The molecule has 1 heterocycles. The second-order valence-electron chi connectivity index (χ2n) is 5.09. The molecule has 3 aromatic rings. The van der Waals surface area contributed by atoms with Crippen molar-refractivity contribution in [3.05, 3.63) is 59.8 Å². The molecule has 0 amide bonds. The Morgan fingerprint density at radius 2 is 1.92 bits per heavy atom. The summed E-state index contributed by atoms with van der Waals surface area (Å²) in [5.41, 5.74) is 1.41. The molecule has 0 unspecified atom stereocenters. The number of carbonyl (C=O) groups excluding carboxylic acids is 1. The number of nitriles is 1. The predicted molar refractivity (Wildman–Crippen MR) is 86.3 cm³/mol. The maximum Gasteiger partial charge on any atom is 0.339 e. The van der Waals surface area contributed by atoms with E-state index in [4.69, 9.17) is 4.74 Å². The fraction of sp³-hybridized carbons (Fsp3) is 0.0556. The van der Waals surface area contributed by atoms with Crippen LogP contribution in [0.2, 0.25) is 0 Å². The Hall–Kier alpha value is -3.59. The topological polar surface area (TPSA) is 92.3 Å². The van der Waals surface area contributed by atoms with E-state index < -0.39 is 11.9 Å². The van der Waals surface area contributed by atoms with E-state index in [9.17, 15) is 20.0 Å². The fourth-order valence-electron chi connectivity index (χ4n) is 2.60. The molecule has 0 atom stereocenters. The van der Waals surface area contributed by atoms with Gasteiger partial charge in [-0.1, -0.05) is 24.3 Å². The van der Waals surface area contributed by atoms with Gasteiger partial charge in [-0.15, -0.1) is 0 Å². The number of hydrogen-bond acceptors (Lipinski definition) is 4. The van der Waals surface area contributed by atoms with Gasteiger partial charge in [0.05, 0.1) is 16.8 Å². The summed E-state index contributed by atoms with van der Waals surface area (Å²) >= 11 is 0. The number of aromatic nitrogens is 1. The van der Waals surface area contributed by atoms with Gasteiger partial charge in [0, 0.05) is 18.5 Å². The van der Waals surface area contributed by atoms with E-state index in [0.717, 1.165) is 5.39 Å². The van der Waals surface area contributed by atoms with Gasteiger partial charge in [-0.25, -0.2) is 4.79 Å². The third kappa shape index (κ3) is 2.48. The fourth-order valence-corrected chi connectivity index (χ4v) is 2.60. The van der Waals surface area contributed by atoms with Gasteiger partial charge in [0.25, 0.3) is 0 Å². The summed E-state index contributed by atoms with van der Waals surface area (Å²) in [7, 11) is 0. The van der Waals surface area contributed by atoms with Crippen molar-refractivity contribution in [2.45, 2.75) is 6.92 Å². The van der Waals surface area contributed by atoms with E-state index in [0.29, 0.717) is 16.8 Å². The van der Waals surface area contributed by atoms with Crippen LogP contribution in [0.1, 0.15) is 22.8 Å². The van der Waals surface area contributed by atoms with Crippen LogP contribution < -0.4 is 4.74 Å². The van der Waals surface area contributed by atoms with Crippen molar-refractivity contribution in [1.82, 2.24) is 4.57 Å². The second kappa shape index (κ2) is 5.89. The first kappa shape index (κ1) is 15.3. The van der Waals surface area contributed by atoms with Crippen molar-refractivity contribution in [3.8, 4) is 17.5 Å². The lowest BCUT2D eigenvalue weighted by Gasteiger charge is -2.13. The normalized spacial score (nSPS) is 10.3. The Labute approximate surface area is 137 Å². The van der Waals surface area contributed by atoms with Gasteiger partial charge >= 0.3 is 11.9 Å². The molecular weight excluding hydrogens is 308 g/mol. The Morgan fingerprint density at radius 3 is 2.58 bits per heavy atom. The molecule has 24 heavy (non-hydrogen) atoms. The summed E-state index contributed by atoms with van der Waals surface area (Å²) in [4.78, 5) is 22.9. The minimum Gasteiger partial charge on any atom is -0.478 e. The summed E-state index contributed by atoms with van der Waals surface area (Å²) in [6, 6.07) is 13.9. The average Bonchev–Trinajstić information content (AvgIpc) is 2.93. The van der Waals surface area contributed by atoms with Crippen LogP contribution in [0.15, 0.2) is 48.7 Å². The molecule has 0 saturated carbocycles. The molecule has 0 spiro atoms. The van der Waals surface area contributed by atoms with Crippen LogP contribution in [0.25, 0.3) is 16.6 Å².